The molecule has 0 saturated heterocycles. The number of nitrogens with zero attached hydrogens (tertiary/aromatic N) is 2. The molecular formula is C13H18N2O2S. The topological polar surface area (TPSA) is 54.6 Å². The van der Waals surface area contributed by atoms with Gasteiger partial charge in [-0.15, -0.1) is 11.3 Å². The number of carboxylic acids is 1. The summed E-state index contributed by atoms with van der Waals surface area (Å²) in [5.41, 5.74) is 3.10. The molecule has 0 bridgehead atoms. The number of fused-ring (bicyclic) bond motifs is 1. The first-order valence-corrected chi connectivity index (χ1v) is 6.94. The summed E-state index contributed by atoms with van der Waals surface area (Å²) in [6, 6.07) is 0. The second kappa shape index (κ2) is 4.72. The fraction of sp³-hybridized carbons (Fsp3) is 0.538. The van der Waals surface area contributed by atoms with Gasteiger partial charge < -0.3 is 5.11 Å². The number of aryl methyl sites for hydroxylation is 2. The summed E-state index contributed by atoms with van der Waals surface area (Å²) in [4.78, 5) is 16.8. The average molecular weight is 266 g/mol. The van der Waals surface area contributed by atoms with E-state index < -0.39 is 5.97 Å². The number of rotatable bonds is 4. The largest absolute Gasteiger partial charge is 0.481 e. The summed E-state index contributed by atoms with van der Waals surface area (Å²) in [7, 11) is 0. The maximum Gasteiger partial charge on any atom is 0.307 e. The fourth-order valence-electron chi connectivity index (χ4n) is 2.22. The van der Waals surface area contributed by atoms with Crippen molar-refractivity contribution in [2.75, 3.05) is 0 Å². The van der Waals surface area contributed by atoms with E-state index in [-0.39, 0.29) is 11.8 Å². The highest BCUT2D eigenvalue weighted by Gasteiger charge is 2.25. The van der Waals surface area contributed by atoms with Crippen LogP contribution in [0.15, 0.2) is 5.38 Å². The highest BCUT2D eigenvalue weighted by Crippen LogP contribution is 2.25. The van der Waals surface area contributed by atoms with E-state index in [2.05, 4.69) is 14.8 Å². The minimum absolute atomic E-state index is 0.117. The molecule has 1 unspecified atom stereocenters. The Labute approximate surface area is 110 Å². The SMILES string of the molecule is Cc1nc2scc(C)n2c1CC(C(=O)O)C(C)C. The van der Waals surface area contributed by atoms with Crippen LogP contribution in [-0.4, -0.2) is 20.5 Å². The highest BCUT2D eigenvalue weighted by molar-refractivity contribution is 7.15. The van der Waals surface area contributed by atoms with E-state index >= 15 is 0 Å². The molecule has 0 aliphatic heterocycles. The second-order valence-electron chi connectivity index (χ2n) is 5.03. The molecule has 2 rings (SSSR count). The minimum atomic E-state index is -0.729. The van der Waals surface area contributed by atoms with Crippen LogP contribution >= 0.6 is 11.3 Å². The van der Waals surface area contributed by atoms with Crippen molar-refractivity contribution in [1.82, 2.24) is 9.38 Å². The summed E-state index contributed by atoms with van der Waals surface area (Å²) in [5, 5.41) is 11.4. The monoisotopic (exact) mass is 266 g/mol. The first-order chi connectivity index (χ1) is 8.41. The third kappa shape index (κ3) is 2.14. The van der Waals surface area contributed by atoms with Gasteiger partial charge in [-0.1, -0.05) is 13.8 Å². The zero-order chi connectivity index (χ0) is 13.4. The number of thiazole rings is 1. The lowest BCUT2D eigenvalue weighted by Crippen LogP contribution is -2.23. The molecule has 2 aromatic heterocycles. The third-order valence-corrected chi connectivity index (χ3v) is 4.31. The standard InChI is InChI=1S/C13H18N2O2S/c1-7(2)10(12(16)17)5-11-9(4)14-13-15(11)8(3)6-18-13/h6-7,10H,5H2,1-4H3,(H,16,17). The van der Waals surface area contributed by atoms with Crippen LogP contribution in [0.5, 0.6) is 0 Å². The van der Waals surface area contributed by atoms with E-state index in [1.54, 1.807) is 11.3 Å². The number of aromatic nitrogens is 2. The molecule has 0 radical (unpaired) electrons. The van der Waals surface area contributed by atoms with Gasteiger partial charge in [0.25, 0.3) is 0 Å². The molecule has 2 aromatic rings. The Hall–Kier alpha value is -1.36. The summed E-state index contributed by atoms with van der Waals surface area (Å²) in [6.45, 7) is 7.88. The lowest BCUT2D eigenvalue weighted by molar-refractivity contribution is -0.143. The van der Waals surface area contributed by atoms with Crippen molar-refractivity contribution in [3.8, 4) is 0 Å². The summed E-state index contributed by atoms with van der Waals surface area (Å²) in [6.07, 6.45) is 0.539. The predicted molar refractivity (Wildman–Crippen MR) is 72.2 cm³/mol. The van der Waals surface area contributed by atoms with Gasteiger partial charge >= 0.3 is 5.97 Å². The quantitative estimate of drug-likeness (QED) is 0.925. The number of hydrogen-bond acceptors (Lipinski definition) is 3. The maximum atomic E-state index is 11.3. The molecule has 4 nitrogen and oxygen atoms in total. The van der Waals surface area contributed by atoms with Gasteiger partial charge in [0.15, 0.2) is 4.96 Å². The number of carbonyl (C=O) groups is 1. The average Bonchev–Trinajstić information content (AvgIpc) is 2.75. The van der Waals surface area contributed by atoms with E-state index in [0.29, 0.717) is 6.42 Å². The van der Waals surface area contributed by atoms with Crippen LogP contribution < -0.4 is 0 Å². The van der Waals surface area contributed by atoms with Gasteiger partial charge in [-0.3, -0.25) is 9.20 Å². The summed E-state index contributed by atoms with van der Waals surface area (Å²) in [5.74, 6) is -0.971. The first kappa shape index (κ1) is 13.1. The molecule has 0 spiro atoms. The zero-order valence-electron chi connectivity index (χ0n) is 11.1. The molecule has 1 N–H and O–H groups in total. The Morgan fingerprint density at radius 1 is 1.50 bits per heavy atom. The van der Waals surface area contributed by atoms with E-state index in [4.69, 9.17) is 0 Å². The highest BCUT2D eigenvalue weighted by atomic mass is 32.1. The Bertz CT molecular complexity index is 583. The molecule has 0 aromatic carbocycles. The molecule has 0 fully saturated rings. The molecule has 18 heavy (non-hydrogen) atoms. The third-order valence-electron chi connectivity index (χ3n) is 3.36. The minimum Gasteiger partial charge on any atom is -0.481 e. The molecule has 2 heterocycles. The predicted octanol–water partition coefficient (Wildman–Crippen LogP) is 2.91. The van der Waals surface area contributed by atoms with Crippen LogP contribution in [0.25, 0.3) is 4.96 Å². The van der Waals surface area contributed by atoms with Crippen molar-refractivity contribution in [3.63, 3.8) is 0 Å². The van der Waals surface area contributed by atoms with Crippen LogP contribution in [0.2, 0.25) is 0 Å². The molecule has 0 aliphatic rings. The zero-order valence-corrected chi connectivity index (χ0v) is 11.9. The van der Waals surface area contributed by atoms with Gasteiger partial charge in [0, 0.05) is 23.2 Å². The molecule has 5 heteroatoms. The second-order valence-corrected chi connectivity index (χ2v) is 5.87. The molecule has 0 amide bonds. The molecule has 1 atom stereocenters. The van der Waals surface area contributed by atoms with Crippen LogP contribution in [0.1, 0.15) is 30.9 Å². The van der Waals surface area contributed by atoms with E-state index in [0.717, 1.165) is 22.0 Å². The fourth-order valence-corrected chi connectivity index (χ4v) is 3.15. The van der Waals surface area contributed by atoms with Crippen LogP contribution in [-0.2, 0) is 11.2 Å². The lowest BCUT2D eigenvalue weighted by atomic mass is 9.91. The molecule has 98 valence electrons. The number of hydrogen-bond donors (Lipinski definition) is 1. The summed E-state index contributed by atoms with van der Waals surface area (Å²) >= 11 is 1.60. The van der Waals surface area contributed by atoms with E-state index in [1.807, 2.05) is 27.7 Å². The Balaban J connectivity index is 2.44. The molecular weight excluding hydrogens is 248 g/mol. The van der Waals surface area contributed by atoms with Gasteiger partial charge in [-0.05, 0) is 19.8 Å². The Kier molecular flexibility index (Phi) is 3.43. The smallest absolute Gasteiger partial charge is 0.307 e. The van der Waals surface area contributed by atoms with Crippen LogP contribution in [0, 0.1) is 25.7 Å². The molecule has 0 aliphatic carbocycles. The van der Waals surface area contributed by atoms with Gasteiger partial charge in [0.2, 0.25) is 0 Å². The van der Waals surface area contributed by atoms with Crippen LogP contribution in [0.3, 0.4) is 0 Å². The van der Waals surface area contributed by atoms with Crippen LogP contribution in [0.4, 0.5) is 0 Å². The van der Waals surface area contributed by atoms with Crippen molar-refractivity contribution in [2.45, 2.75) is 34.1 Å². The van der Waals surface area contributed by atoms with Crippen molar-refractivity contribution in [3.05, 3.63) is 22.5 Å². The lowest BCUT2D eigenvalue weighted by Gasteiger charge is -2.16. The van der Waals surface area contributed by atoms with Gasteiger partial charge in [0.05, 0.1) is 11.6 Å². The summed E-state index contributed by atoms with van der Waals surface area (Å²) < 4.78 is 2.08. The van der Waals surface area contributed by atoms with Gasteiger partial charge in [0.1, 0.15) is 0 Å². The first-order valence-electron chi connectivity index (χ1n) is 6.06. The van der Waals surface area contributed by atoms with E-state index in [1.165, 1.54) is 0 Å². The Morgan fingerprint density at radius 2 is 2.17 bits per heavy atom. The van der Waals surface area contributed by atoms with Crippen molar-refractivity contribution in [2.24, 2.45) is 11.8 Å². The molecule has 0 saturated carbocycles. The van der Waals surface area contributed by atoms with Gasteiger partial charge in [-0.25, -0.2) is 4.98 Å². The Morgan fingerprint density at radius 3 is 2.72 bits per heavy atom. The van der Waals surface area contributed by atoms with E-state index in [9.17, 15) is 9.90 Å². The number of aliphatic carboxylic acids is 1. The van der Waals surface area contributed by atoms with Gasteiger partial charge in [-0.2, -0.15) is 0 Å². The number of imidazole rings is 1. The van der Waals surface area contributed by atoms with Crippen molar-refractivity contribution >= 4 is 22.3 Å². The van der Waals surface area contributed by atoms with Crippen molar-refractivity contribution < 1.29 is 9.90 Å². The number of carboxylic acid groups (broad SMARTS) is 1. The van der Waals surface area contributed by atoms with Crippen molar-refractivity contribution in [1.29, 1.82) is 0 Å². The maximum absolute atomic E-state index is 11.3. The normalized spacial score (nSPS) is 13.4.